The third-order valence-corrected chi connectivity index (χ3v) is 2.98. The van der Waals surface area contributed by atoms with Gasteiger partial charge in [0.2, 0.25) is 0 Å². The van der Waals surface area contributed by atoms with E-state index in [1.54, 1.807) is 7.05 Å². The van der Waals surface area contributed by atoms with Crippen molar-refractivity contribution < 1.29 is 9.53 Å². The molecule has 1 aliphatic carbocycles. The number of carbonyl (C=O) groups is 1. The molecule has 0 saturated heterocycles. The van der Waals surface area contributed by atoms with Gasteiger partial charge in [0.1, 0.15) is 6.04 Å². The van der Waals surface area contributed by atoms with Crippen LogP contribution in [0.3, 0.4) is 0 Å². The molecule has 3 nitrogen and oxygen atoms in total. The zero-order chi connectivity index (χ0) is 10.4. The van der Waals surface area contributed by atoms with Crippen molar-refractivity contribution in [2.24, 2.45) is 5.92 Å². The number of hydrogen-bond donors (Lipinski definition) is 1. The molecular weight excluding hydrogens is 178 g/mol. The van der Waals surface area contributed by atoms with Gasteiger partial charge < -0.3 is 10.1 Å². The van der Waals surface area contributed by atoms with E-state index in [0.29, 0.717) is 12.5 Å². The molecule has 1 atom stereocenters. The monoisotopic (exact) mass is 199 g/mol. The van der Waals surface area contributed by atoms with Gasteiger partial charge in [-0.1, -0.05) is 19.8 Å². The Kier molecular flexibility index (Phi) is 4.94. The summed E-state index contributed by atoms with van der Waals surface area (Å²) >= 11 is 0. The van der Waals surface area contributed by atoms with Crippen molar-refractivity contribution in [2.45, 2.75) is 45.1 Å². The molecule has 0 aromatic heterocycles. The van der Waals surface area contributed by atoms with Crippen LogP contribution >= 0.6 is 0 Å². The molecule has 1 N–H and O–H groups in total. The normalized spacial score (nSPS) is 19.6. The molecule has 82 valence electrons. The number of hydrogen-bond acceptors (Lipinski definition) is 3. The first kappa shape index (κ1) is 11.5. The van der Waals surface area contributed by atoms with Gasteiger partial charge in [0.15, 0.2) is 0 Å². The topological polar surface area (TPSA) is 38.3 Å². The summed E-state index contributed by atoms with van der Waals surface area (Å²) in [7, 11) is 1.80. The van der Waals surface area contributed by atoms with E-state index in [1.165, 1.54) is 25.7 Å². The molecule has 1 unspecified atom stereocenters. The molecule has 1 rings (SSSR count). The second kappa shape index (κ2) is 6.02. The summed E-state index contributed by atoms with van der Waals surface area (Å²) in [4.78, 5) is 11.5. The summed E-state index contributed by atoms with van der Waals surface area (Å²) < 4.78 is 5.27. The second-order valence-corrected chi connectivity index (χ2v) is 4.03. The van der Waals surface area contributed by atoms with Crippen molar-refractivity contribution >= 4 is 5.97 Å². The molecule has 0 spiro atoms. The molecule has 0 aromatic rings. The lowest BCUT2D eigenvalue weighted by Crippen LogP contribution is -2.35. The Morgan fingerprint density at radius 3 is 2.64 bits per heavy atom. The first-order chi connectivity index (χ1) is 6.77. The lowest BCUT2D eigenvalue weighted by atomic mass is 10.1. The van der Waals surface area contributed by atoms with Crippen LogP contribution in [-0.4, -0.2) is 25.7 Å². The van der Waals surface area contributed by atoms with Gasteiger partial charge in [-0.2, -0.15) is 0 Å². The van der Waals surface area contributed by atoms with Gasteiger partial charge in [0.25, 0.3) is 0 Å². The Morgan fingerprint density at radius 1 is 1.50 bits per heavy atom. The molecule has 3 heteroatoms. The fourth-order valence-corrected chi connectivity index (χ4v) is 1.97. The summed E-state index contributed by atoms with van der Waals surface area (Å²) in [5.74, 6) is 0.523. The molecule has 0 bridgehead atoms. The van der Waals surface area contributed by atoms with Crippen LogP contribution in [0.15, 0.2) is 0 Å². The van der Waals surface area contributed by atoms with Crippen molar-refractivity contribution in [1.29, 1.82) is 0 Å². The molecule has 1 fully saturated rings. The highest BCUT2D eigenvalue weighted by Crippen LogP contribution is 2.24. The van der Waals surface area contributed by atoms with E-state index >= 15 is 0 Å². The average molecular weight is 199 g/mol. The molecular formula is C11H21NO2. The van der Waals surface area contributed by atoms with Crippen molar-refractivity contribution in [3.63, 3.8) is 0 Å². The Hall–Kier alpha value is -0.570. The van der Waals surface area contributed by atoms with Gasteiger partial charge in [-0.05, 0) is 32.2 Å². The first-order valence-corrected chi connectivity index (χ1v) is 5.61. The van der Waals surface area contributed by atoms with E-state index in [9.17, 15) is 4.79 Å². The van der Waals surface area contributed by atoms with Gasteiger partial charge in [0, 0.05) is 0 Å². The van der Waals surface area contributed by atoms with E-state index in [1.807, 2.05) is 6.92 Å². The van der Waals surface area contributed by atoms with Crippen LogP contribution in [0, 0.1) is 5.92 Å². The standard InChI is InChI=1S/C11H21NO2/c1-3-10(12-2)11(13)14-8-9-6-4-5-7-9/h9-10,12H,3-8H2,1-2H3. The third kappa shape index (κ3) is 3.29. The average Bonchev–Trinajstić information content (AvgIpc) is 2.69. The van der Waals surface area contributed by atoms with Crippen LogP contribution in [0.1, 0.15) is 39.0 Å². The molecule has 0 amide bonds. The minimum atomic E-state index is -0.128. The van der Waals surface area contributed by atoms with E-state index in [4.69, 9.17) is 4.74 Å². The number of ether oxygens (including phenoxy) is 1. The zero-order valence-electron chi connectivity index (χ0n) is 9.21. The SMILES string of the molecule is CCC(NC)C(=O)OCC1CCCC1. The van der Waals surface area contributed by atoms with Crippen LogP contribution in [0.5, 0.6) is 0 Å². The van der Waals surface area contributed by atoms with Crippen molar-refractivity contribution in [2.75, 3.05) is 13.7 Å². The molecule has 0 radical (unpaired) electrons. The van der Waals surface area contributed by atoms with Crippen LogP contribution in [0.2, 0.25) is 0 Å². The number of esters is 1. The number of nitrogens with one attached hydrogen (secondary N) is 1. The molecule has 0 heterocycles. The zero-order valence-corrected chi connectivity index (χ0v) is 9.21. The van der Waals surface area contributed by atoms with Crippen LogP contribution in [0.25, 0.3) is 0 Å². The summed E-state index contributed by atoms with van der Waals surface area (Å²) in [5, 5.41) is 2.95. The summed E-state index contributed by atoms with van der Waals surface area (Å²) in [6.07, 6.45) is 5.84. The third-order valence-electron chi connectivity index (χ3n) is 2.98. The van der Waals surface area contributed by atoms with E-state index in [2.05, 4.69) is 5.32 Å². The highest BCUT2D eigenvalue weighted by molar-refractivity contribution is 5.75. The summed E-state index contributed by atoms with van der Waals surface area (Å²) in [6.45, 7) is 2.61. The van der Waals surface area contributed by atoms with Gasteiger partial charge in [-0.15, -0.1) is 0 Å². The lowest BCUT2D eigenvalue weighted by molar-refractivity contribution is -0.147. The number of carbonyl (C=O) groups excluding carboxylic acids is 1. The Balaban J connectivity index is 2.18. The molecule has 1 saturated carbocycles. The maximum atomic E-state index is 11.5. The fraction of sp³-hybridized carbons (Fsp3) is 0.909. The van der Waals surface area contributed by atoms with Crippen molar-refractivity contribution in [3.8, 4) is 0 Å². The number of likely N-dealkylation sites (N-methyl/N-ethyl adjacent to an activating group) is 1. The minimum Gasteiger partial charge on any atom is -0.464 e. The molecule has 0 aromatic carbocycles. The first-order valence-electron chi connectivity index (χ1n) is 5.61. The van der Waals surface area contributed by atoms with E-state index < -0.39 is 0 Å². The minimum absolute atomic E-state index is 0.0955. The summed E-state index contributed by atoms with van der Waals surface area (Å²) in [6, 6.07) is -0.128. The lowest BCUT2D eigenvalue weighted by Gasteiger charge is -2.15. The predicted octanol–water partition coefficient (Wildman–Crippen LogP) is 1.72. The van der Waals surface area contributed by atoms with Crippen molar-refractivity contribution in [3.05, 3.63) is 0 Å². The highest BCUT2D eigenvalue weighted by Gasteiger charge is 2.20. The highest BCUT2D eigenvalue weighted by atomic mass is 16.5. The molecule has 1 aliphatic rings. The van der Waals surface area contributed by atoms with Gasteiger partial charge in [-0.25, -0.2) is 0 Å². The van der Waals surface area contributed by atoms with Gasteiger partial charge >= 0.3 is 5.97 Å². The largest absolute Gasteiger partial charge is 0.464 e. The van der Waals surface area contributed by atoms with E-state index in [0.717, 1.165) is 6.42 Å². The van der Waals surface area contributed by atoms with Crippen LogP contribution < -0.4 is 5.32 Å². The maximum absolute atomic E-state index is 11.5. The predicted molar refractivity (Wildman–Crippen MR) is 56.1 cm³/mol. The van der Waals surface area contributed by atoms with Gasteiger partial charge in [0.05, 0.1) is 6.61 Å². The summed E-state index contributed by atoms with van der Waals surface area (Å²) in [5.41, 5.74) is 0. The van der Waals surface area contributed by atoms with Crippen molar-refractivity contribution in [1.82, 2.24) is 5.32 Å². The maximum Gasteiger partial charge on any atom is 0.323 e. The fourth-order valence-electron chi connectivity index (χ4n) is 1.97. The molecule has 14 heavy (non-hydrogen) atoms. The smallest absolute Gasteiger partial charge is 0.323 e. The Morgan fingerprint density at radius 2 is 2.14 bits per heavy atom. The molecule has 0 aliphatic heterocycles. The van der Waals surface area contributed by atoms with E-state index in [-0.39, 0.29) is 12.0 Å². The second-order valence-electron chi connectivity index (χ2n) is 4.03. The Bertz CT molecular complexity index is 172. The van der Waals surface area contributed by atoms with Crippen LogP contribution in [-0.2, 0) is 9.53 Å². The number of rotatable bonds is 5. The quantitative estimate of drug-likeness (QED) is 0.685. The van der Waals surface area contributed by atoms with Gasteiger partial charge in [-0.3, -0.25) is 4.79 Å². The van der Waals surface area contributed by atoms with Crippen LogP contribution in [0.4, 0.5) is 0 Å². The Labute approximate surface area is 86.2 Å².